The maximum absolute atomic E-state index is 12.5. The Morgan fingerprint density at radius 1 is 1.10 bits per heavy atom. The number of aliphatic hydroxyl groups is 1. The van der Waals surface area contributed by atoms with E-state index in [-0.39, 0.29) is 6.04 Å². The number of nitrogens with one attached hydrogen (secondary N) is 1. The SMILES string of the molecule is O=S(=O)(NC1CCCCC1O)C1=Cc2ccccc2CC1. The zero-order chi connectivity index (χ0) is 14.9. The Morgan fingerprint density at radius 2 is 1.86 bits per heavy atom. The largest absolute Gasteiger partial charge is 0.391 e. The fraction of sp³-hybridized carbons (Fsp3) is 0.500. The van der Waals surface area contributed by atoms with Gasteiger partial charge in [-0.05, 0) is 42.9 Å². The lowest BCUT2D eigenvalue weighted by Gasteiger charge is -2.29. The number of fused-ring (bicyclic) bond motifs is 1. The summed E-state index contributed by atoms with van der Waals surface area (Å²) in [6.45, 7) is 0. The first-order chi connectivity index (χ1) is 10.1. The molecule has 4 nitrogen and oxygen atoms in total. The van der Waals surface area contributed by atoms with Gasteiger partial charge in [0.25, 0.3) is 0 Å². The first kappa shape index (κ1) is 14.8. The van der Waals surface area contributed by atoms with E-state index in [1.54, 1.807) is 6.08 Å². The van der Waals surface area contributed by atoms with Gasteiger partial charge in [0.1, 0.15) is 0 Å². The van der Waals surface area contributed by atoms with E-state index in [0.29, 0.717) is 24.2 Å². The molecule has 1 aromatic carbocycles. The van der Waals surface area contributed by atoms with Crippen LogP contribution in [-0.4, -0.2) is 25.7 Å². The summed E-state index contributed by atoms with van der Waals surface area (Å²) in [4.78, 5) is 0.430. The first-order valence-corrected chi connectivity index (χ1v) is 9.03. The van der Waals surface area contributed by atoms with Gasteiger partial charge in [-0.15, -0.1) is 0 Å². The molecule has 21 heavy (non-hydrogen) atoms. The average Bonchev–Trinajstić information content (AvgIpc) is 2.49. The molecule has 2 atom stereocenters. The Morgan fingerprint density at radius 3 is 2.67 bits per heavy atom. The summed E-state index contributed by atoms with van der Waals surface area (Å²) in [5.41, 5.74) is 2.17. The van der Waals surface area contributed by atoms with Crippen LogP contribution in [0.2, 0.25) is 0 Å². The second kappa shape index (κ2) is 5.91. The quantitative estimate of drug-likeness (QED) is 0.899. The van der Waals surface area contributed by atoms with Crippen molar-refractivity contribution in [3.63, 3.8) is 0 Å². The van der Waals surface area contributed by atoms with Crippen LogP contribution in [0, 0.1) is 0 Å². The summed E-state index contributed by atoms with van der Waals surface area (Å²) in [5.74, 6) is 0. The van der Waals surface area contributed by atoms with Crippen molar-refractivity contribution >= 4 is 16.1 Å². The van der Waals surface area contributed by atoms with Crippen molar-refractivity contribution in [2.45, 2.75) is 50.7 Å². The molecule has 2 aliphatic carbocycles. The van der Waals surface area contributed by atoms with Crippen molar-refractivity contribution in [2.24, 2.45) is 0 Å². The highest BCUT2D eigenvalue weighted by atomic mass is 32.2. The van der Waals surface area contributed by atoms with Crippen LogP contribution < -0.4 is 4.72 Å². The Balaban J connectivity index is 1.81. The molecule has 0 saturated heterocycles. The van der Waals surface area contributed by atoms with E-state index in [1.165, 1.54) is 5.56 Å². The summed E-state index contributed by atoms with van der Waals surface area (Å²) in [6.07, 6.45) is 5.78. The third-order valence-electron chi connectivity index (χ3n) is 4.39. The van der Waals surface area contributed by atoms with Crippen LogP contribution in [0.3, 0.4) is 0 Å². The third kappa shape index (κ3) is 3.20. The van der Waals surface area contributed by atoms with E-state index in [0.717, 1.165) is 24.8 Å². The lowest BCUT2D eigenvalue weighted by molar-refractivity contribution is 0.101. The fourth-order valence-electron chi connectivity index (χ4n) is 3.14. The molecule has 5 heteroatoms. The number of rotatable bonds is 3. The monoisotopic (exact) mass is 307 g/mol. The van der Waals surface area contributed by atoms with Gasteiger partial charge in [0, 0.05) is 6.04 Å². The molecule has 0 amide bonds. The normalized spacial score (nSPS) is 26.0. The van der Waals surface area contributed by atoms with E-state index in [4.69, 9.17) is 0 Å². The number of aliphatic hydroxyl groups excluding tert-OH is 1. The molecule has 2 N–H and O–H groups in total. The first-order valence-electron chi connectivity index (χ1n) is 7.55. The molecule has 0 radical (unpaired) electrons. The summed E-state index contributed by atoms with van der Waals surface area (Å²) in [5, 5.41) is 9.94. The number of aryl methyl sites for hydroxylation is 1. The minimum absolute atomic E-state index is 0.346. The number of sulfonamides is 1. The topological polar surface area (TPSA) is 66.4 Å². The van der Waals surface area contributed by atoms with E-state index < -0.39 is 16.1 Å². The Kier molecular flexibility index (Phi) is 4.15. The number of hydrogen-bond acceptors (Lipinski definition) is 3. The van der Waals surface area contributed by atoms with Crippen molar-refractivity contribution < 1.29 is 13.5 Å². The Labute approximate surface area is 125 Å². The molecule has 114 valence electrons. The summed E-state index contributed by atoms with van der Waals surface area (Å²) in [6, 6.07) is 7.53. The molecule has 0 heterocycles. The van der Waals surface area contributed by atoms with E-state index in [1.807, 2.05) is 24.3 Å². The van der Waals surface area contributed by atoms with Crippen LogP contribution >= 0.6 is 0 Å². The molecule has 2 aliphatic rings. The second-order valence-electron chi connectivity index (χ2n) is 5.89. The van der Waals surface area contributed by atoms with Crippen molar-refractivity contribution in [3.05, 3.63) is 40.3 Å². The molecule has 1 fully saturated rings. The van der Waals surface area contributed by atoms with Gasteiger partial charge in [-0.3, -0.25) is 0 Å². The molecular formula is C16H21NO3S. The van der Waals surface area contributed by atoms with E-state index >= 15 is 0 Å². The van der Waals surface area contributed by atoms with E-state index in [9.17, 15) is 13.5 Å². The molecule has 1 aromatic rings. The molecular weight excluding hydrogens is 286 g/mol. The summed E-state index contributed by atoms with van der Waals surface area (Å²) in [7, 11) is -3.51. The van der Waals surface area contributed by atoms with Gasteiger partial charge in [-0.1, -0.05) is 37.1 Å². The number of benzene rings is 1. The van der Waals surface area contributed by atoms with Gasteiger partial charge in [-0.2, -0.15) is 0 Å². The smallest absolute Gasteiger partial charge is 0.237 e. The van der Waals surface area contributed by atoms with Crippen LogP contribution in [0.15, 0.2) is 29.2 Å². The molecule has 1 saturated carbocycles. The highest BCUT2D eigenvalue weighted by Gasteiger charge is 2.30. The molecule has 0 spiro atoms. The summed E-state index contributed by atoms with van der Waals surface area (Å²) < 4.78 is 27.7. The third-order valence-corrected chi connectivity index (χ3v) is 6.02. The van der Waals surface area contributed by atoms with Crippen molar-refractivity contribution in [2.75, 3.05) is 0 Å². The zero-order valence-corrected chi connectivity index (χ0v) is 12.8. The van der Waals surface area contributed by atoms with Crippen molar-refractivity contribution in [1.82, 2.24) is 4.72 Å². The van der Waals surface area contributed by atoms with Crippen LogP contribution in [0.4, 0.5) is 0 Å². The standard InChI is InChI=1S/C16H21NO3S/c18-16-8-4-3-7-15(16)17-21(19,20)14-10-9-12-5-1-2-6-13(12)11-14/h1-2,5-6,11,15-18H,3-4,7-10H2. The maximum Gasteiger partial charge on any atom is 0.237 e. The zero-order valence-electron chi connectivity index (χ0n) is 12.0. The molecule has 0 aliphatic heterocycles. The van der Waals surface area contributed by atoms with Crippen LogP contribution in [0.1, 0.15) is 43.2 Å². The molecule has 0 bridgehead atoms. The van der Waals surface area contributed by atoms with Crippen molar-refractivity contribution in [3.8, 4) is 0 Å². The maximum atomic E-state index is 12.5. The van der Waals surface area contributed by atoms with Gasteiger partial charge in [0.15, 0.2) is 0 Å². The van der Waals surface area contributed by atoms with Crippen LogP contribution in [-0.2, 0) is 16.4 Å². The Hall–Kier alpha value is -1.17. The number of allylic oxidation sites excluding steroid dienone is 1. The van der Waals surface area contributed by atoms with Gasteiger partial charge < -0.3 is 5.11 Å². The highest BCUT2D eigenvalue weighted by molar-refractivity contribution is 7.93. The molecule has 3 rings (SSSR count). The van der Waals surface area contributed by atoms with Gasteiger partial charge in [-0.25, -0.2) is 13.1 Å². The second-order valence-corrected chi connectivity index (χ2v) is 7.66. The van der Waals surface area contributed by atoms with Crippen LogP contribution in [0.5, 0.6) is 0 Å². The molecule has 2 unspecified atom stereocenters. The lowest BCUT2D eigenvalue weighted by Crippen LogP contribution is -2.45. The Bertz CT molecular complexity index is 651. The van der Waals surface area contributed by atoms with Gasteiger partial charge in [0.2, 0.25) is 10.0 Å². The summed E-state index contributed by atoms with van der Waals surface area (Å²) >= 11 is 0. The molecule has 0 aromatic heterocycles. The minimum atomic E-state index is -3.51. The van der Waals surface area contributed by atoms with E-state index in [2.05, 4.69) is 4.72 Å². The van der Waals surface area contributed by atoms with Crippen molar-refractivity contribution in [1.29, 1.82) is 0 Å². The minimum Gasteiger partial charge on any atom is -0.391 e. The van der Waals surface area contributed by atoms with Crippen LogP contribution in [0.25, 0.3) is 6.08 Å². The number of hydrogen-bond donors (Lipinski definition) is 2. The fourth-order valence-corrected chi connectivity index (χ4v) is 4.62. The van der Waals surface area contributed by atoms with Gasteiger partial charge in [0.05, 0.1) is 11.0 Å². The lowest BCUT2D eigenvalue weighted by atomic mass is 9.93. The predicted molar refractivity (Wildman–Crippen MR) is 83.1 cm³/mol. The predicted octanol–water partition coefficient (Wildman–Crippen LogP) is 2.20. The average molecular weight is 307 g/mol. The van der Waals surface area contributed by atoms with Gasteiger partial charge >= 0.3 is 0 Å². The highest BCUT2D eigenvalue weighted by Crippen LogP contribution is 2.28.